The summed E-state index contributed by atoms with van der Waals surface area (Å²) in [5, 5.41) is 10.8. The van der Waals surface area contributed by atoms with Crippen molar-refractivity contribution in [3.05, 3.63) is 53.3 Å². The molecule has 0 radical (unpaired) electrons. The molecule has 0 saturated carbocycles. The molecule has 26 heavy (non-hydrogen) atoms. The topological polar surface area (TPSA) is 62.2 Å². The second-order valence-corrected chi connectivity index (χ2v) is 6.83. The van der Waals surface area contributed by atoms with E-state index in [9.17, 15) is 4.79 Å². The van der Waals surface area contributed by atoms with Crippen molar-refractivity contribution >= 4 is 5.91 Å². The van der Waals surface area contributed by atoms with Crippen molar-refractivity contribution in [2.45, 2.75) is 45.4 Å². The van der Waals surface area contributed by atoms with Crippen LogP contribution in [-0.4, -0.2) is 40.7 Å². The van der Waals surface area contributed by atoms with Crippen molar-refractivity contribution in [2.24, 2.45) is 0 Å². The molecule has 1 aromatic carbocycles. The van der Waals surface area contributed by atoms with Crippen LogP contribution in [-0.2, 0) is 24.4 Å². The van der Waals surface area contributed by atoms with Gasteiger partial charge in [-0.2, -0.15) is 5.10 Å². The highest BCUT2D eigenvalue weighted by Crippen LogP contribution is 2.15. The number of fused-ring (bicyclic) bond motifs is 1. The fraction of sp³-hybridized carbons (Fsp3) is 0.500. The Balaban J connectivity index is 1.61. The zero-order valence-corrected chi connectivity index (χ0v) is 15.7. The molecule has 1 amide bonds. The van der Waals surface area contributed by atoms with Crippen LogP contribution < -0.4 is 10.6 Å². The molecule has 0 bridgehead atoms. The minimum absolute atomic E-state index is 0.0329. The first-order valence-electron chi connectivity index (χ1n) is 9.49. The SMILES string of the molecule is CCCN1CCCn2nc(CNC(=O)C(NC)c3ccccc3)cc2C1. The number of amides is 1. The average Bonchev–Trinajstić information content (AvgIpc) is 2.93. The molecule has 0 saturated heterocycles. The highest BCUT2D eigenvalue weighted by atomic mass is 16.2. The van der Waals surface area contributed by atoms with Crippen molar-refractivity contribution < 1.29 is 4.79 Å². The van der Waals surface area contributed by atoms with Crippen LogP contribution in [0.4, 0.5) is 0 Å². The summed E-state index contributed by atoms with van der Waals surface area (Å²) in [7, 11) is 1.80. The van der Waals surface area contributed by atoms with Gasteiger partial charge in [-0.1, -0.05) is 37.3 Å². The molecule has 1 aliphatic rings. The van der Waals surface area contributed by atoms with E-state index in [1.165, 1.54) is 12.1 Å². The second-order valence-electron chi connectivity index (χ2n) is 6.83. The first-order valence-corrected chi connectivity index (χ1v) is 9.49. The smallest absolute Gasteiger partial charge is 0.242 e. The summed E-state index contributed by atoms with van der Waals surface area (Å²) >= 11 is 0. The molecule has 0 aliphatic carbocycles. The van der Waals surface area contributed by atoms with E-state index in [0.29, 0.717) is 6.54 Å². The van der Waals surface area contributed by atoms with Gasteiger partial charge in [-0.3, -0.25) is 14.4 Å². The molecule has 2 heterocycles. The van der Waals surface area contributed by atoms with Gasteiger partial charge in [-0.25, -0.2) is 0 Å². The van der Waals surface area contributed by atoms with E-state index in [1.807, 2.05) is 30.3 Å². The molecule has 6 heteroatoms. The quantitative estimate of drug-likeness (QED) is 0.798. The van der Waals surface area contributed by atoms with Gasteiger partial charge in [0.2, 0.25) is 5.91 Å². The monoisotopic (exact) mass is 355 g/mol. The Bertz CT molecular complexity index is 712. The van der Waals surface area contributed by atoms with Gasteiger partial charge in [0.15, 0.2) is 0 Å². The number of aromatic nitrogens is 2. The summed E-state index contributed by atoms with van der Waals surface area (Å²) < 4.78 is 2.10. The highest BCUT2D eigenvalue weighted by Gasteiger charge is 2.20. The van der Waals surface area contributed by atoms with E-state index >= 15 is 0 Å². The standard InChI is InChI=1S/C20H29N5O/c1-3-10-24-11-7-12-25-18(15-24)13-17(23-25)14-22-20(26)19(21-2)16-8-5-4-6-9-16/h4-6,8-9,13,19,21H,3,7,10-12,14-15H2,1-2H3,(H,22,26). The summed E-state index contributed by atoms with van der Waals surface area (Å²) in [6, 6.07) is 11.5. The lowest BCUT2D eigenvalue weighted by molar-refractivity contribution is -0.123. The number of nitrogens with one attached hydrogen (secondary N) is 2. The number of benzene rings is 1. The van der Waals surface area contributed by atoms with E-state index in [2.05, 4.69) is 33.2 Å². The maximum Gasteiger partial charge on any atom is 0.242 e. The molecule has 2 aromatic rings. The number of likely N-dealkylation sites (N-methyl/N-ethyl adjacent to an activating group) is 1. The number of hydrogen-bond acceptors (Lipinski definition) is 4. The van der Waals surface area contributed by atoms with Gasteiger partial charge in [-0.05, 0) is 38.1 Å². The predicted molar refractivity (Wildman–Crippen MR) is 103 cm³/mol. The molecule has 0 fully saturated rings. The molecular formula is C20H29N5O. The molecule has 0 spiro atoms. The Labute approximate surface area is 155 Å². The van der Waals surface area contributed by atoms with E-state index < -0.39 is 0 Å². The first-order chi connectivity index (χ1) is 12.7. The summed E-state index contributed by atoms with van der Waals surface area (Å²) in [5.74, 6) is -0.0329. The van der Waals surface area contributed by atoms with E-state index in [-0.39, 0.29) is 11.9 Å². The van der Waals surface area contributed by atoms with Crippen molar-refractivity contribution in [3.8, 4) is 0 Å². The number of nitrogens with zero attached hydrogens (tertiary/aromatic N) is 3. The van der Waals surface area contributed by atoms with Gasteiger partial charge in [0, 0.05) is 19.6 Å². The van der Waals surface area contributed by atoms with Crippen molar-refractivity contribution in [1.29, 1.82) is 0 Å². The molecule has 3 rings (SSSR count). The Morgan fingerprint density at radius 3 is 2.81 bits per heavy atom. The zero-order valence-electron chi connectivity index (χ0n) is 15.7. The normalized spacial score (nSPS) is 15.9. The molecule has 6 nitrogen and oxygen atoms in total. The minimum atomic E-state index is -0.350. The van der Waals surface area contributed by atoms with Gasteiger partial charge >= 0.3 is 0 Å². The summed E-state index contributed by atoms with van der Waals surface area (Å²) in [6.07, 6.45) is 2.29. The van der Waals surface area contributed by atoms with Gasteiger partial charge in [0.05, 0.1) is 17.9 Å². The maximum absolute atomic E-state index is 12.6. The number of carbonyl (C=O) groups excluding carboxylic acids is 1. The largest absolute Gasteiger partial charge is 0.349 e. The number of hydrogen-bond donors (Lipinski definition) is 2. The fourth-order valence-corrected chi connectivity index (χ4v) is 3.56. The molecule has 1 aromatic heterocycles. The number of aryl methyl sites for hydroxylation is 1. The predicted octanol–water partition coefficient (Wildman–Crippen LogP) is 2.08. The van der Waals surface area contributed by atoms with Crippen molar-refractivity contribution in [1.82, 2.24) is 25.3 Å². The summed E-state index contributed by atoms with van der Waals surface area (Å²) in [5.41, 5.74) is 3.13. The van der Waals surface area contributed by atoms with Crippen LogP contribution in [0.25, 0.3) is 0 Å². The van der Waals surface area contributed by atoms with Crippen LogP contribution in [0.3, 0.4) is 0 Å². The van der Waals surface area contributed by atoms with E-state index in [1.54, 1.807) is 7.05 Å². The number of carbonyl (C=O) groups is 1. The molecule has 140 valence electrons. The average molecular weight is 355 g/mol. The third kappa shape index (κ3) is 4.51. The van der Waals surface area contributed by atoms with E-state index in [0.717, 1.165) is 43.9 Å². The van der Waals surface area contributed by atoms with Crippen LogP contribution in [0, 0.1) is 0 Å². The van der Waals surface area contributed by atoms with Crippen molar-refractivity contribution in [2.75, 3.05) is 20.1 Å². The molecule has 1 atom stereocenters. The third-order valence-corrected chi connectivity index (χ3v) is 4.81. The van der Waals surface area contributed by atoms with Crippen LogP contribution in [0.1, 0.15) is 42.8 Å². The summed E-state index contributed by atoms with van der Waals surface area (Å²) in [4.78, 5) is 15.0. The minimum Gasteiger partial charge on any atom is -0.349 e. The van der Waals surface area contributed by atoms with Crippen LogP contribution in [0.2, 0.25) is 0 Å². The van der Waals surface area contributed by atoms with Crippen LogP contribution >= 0.6 is 0 Å². The molecular weight excluding hydrogens is 326 g/mol. The Morgan fingerprint density at radius 2 is 2.08 bits per heavy atom. The fourth-order valence-electron chi connectivity index (χ4n) is 3.56. The molecule has 2 N–H and O–H groups in total. The lowest BCUT2D eigenvalue weighted by Gasteiger charge is -2.17. The Hall–Kier alpha value is -2.18. The lowest BCUT2D eigenvalue weighted by Crippen LogP contribution is -2.35. The Kier molecular flexibility index (Phi) is 6.41. The van der Waals surface area contributed by atoms with Gasteiger partial charge in [0.1, 0.15) is 6.04 Å². The highest BCUT2D eigenvalue weighted by molar-refractivity contribution is 5.83. The van der Waals surface area contributed by atoms with Crippen molar-refractivity contribution in [3.63, 3.8) is 0 Å². The first kappa shape index (κ1) is 18.6. The van der Waals surface area contributed by atoms with E-state index in [4.69, 9.17) is 5.10 Å². The van der Waals surface area contributed by atoms with Crippen LogP contribution in [0.5, 0.6) is 0 Å². The molecule has 1 unspecified atom stereocenters. The maximum atomic E-state index is 12.6. The second kappa shape index (κ2) is 8.96. The van der Waals surface area contributed by atoms with Crippen LogP contribution in [0.15, 0.2) is 36.4 Å². The zero-order chi connectivity index (χ0) is 18.4. The van der Waals surface area contributed by atoms with Gasteiger partial charge in [-0.15, -0.1) is 0 Å². The summed E-state index contributed by atoms with van der Waals surface area (Å²) in [6.45, 7) is 6.82. The Morgan fingerprint density at radius 1 is 1.27 bits per heavy atom. The van der Waals surface area contributed by atoms with Gasteiger partial charge in [0.25, 0.3) is 0 Å². The lowest BCUT2D eigenvalue weighted by atomic mass is 10.1. The molecule has 1 aliphatic heterocycles. The third-order valence-electron chi connectivity index (χ3n) is 4.81. The van der Waals surface area contributed by atoms with Gasteiger partial charge < -0.3 is 10.6 Å². The number of rotatable bonds is 7.